The Morgan fingerprint density at radius 1 is 1.44 bits per heavy atom. The standard InChI is InChI=1S/C12H11BrFNO/c1-6(2)12-10(16)5-7-9(15-12)4-3-8(13)11(7)14/h3-4,6H,5H2,1-2H3. The van der Waals surface area contributed by atoms with Gasteiger partial charge in [-0.05, 0) is 34.0 Å². The van der Waals surface area contributed by atoms with Crippen molar-refractivity contribution in [2.75, 3.05) is 0 Å². The maximum absolute atomic E-state index is 13.7. The van der Waals surface area contributed by atoms with Gasteiger partial charge in [0.25, 0.3) is 0 Å². The van der Waals surface area contributed by atoms with Crippen LogP contribution in [-0.2, 0) is 11.2 Å². The molecule has 2 nitrogen and oxygen atoms in total. The van der Waals surface area contributed by atoms with Crippen LogP contribution in [0.1, 0.15) is 19.4 Å². The summed E-state index contributed by atoms with van der Waals surface area (Å²) < 4.78 is 14.1. The van der Waals surface area contributed by atoms with E-state index in [4.69, 9.17) is 0 Å². The molecule has 1 aliphatic rings. The Kier molecular flexibility index (Phi) is 2.93. The van der Waals surface area contributed by atoms with E-state index in [1.54, 1.807) is 12.1 Å². The molecule has 1 aromatic rings. The molecule has 16 heavy (non-hydrogen) atoms. The number of carbonyl (C=O) groups is 1. The number of hydrogen-bond acceptors (Lipinski definition) is 2. The first-order valence-corrected chi connectivity index (χ1v) is 5.88. The Hall–Kier alpha value is -1.03. The van der Waals surface area contributed by atoms with Crippen molar-refractivity contribution in [2.24, 2.45) is 10.9 Å². The van der Waals surface area contributed by atoms with E-state index in [9.17, 15) is 9.18 Å². The Morgan fingerprint density at radius 2 is 2.12 bits per heavy atom. The van der Waals surface area contributed by atoms with Gasteiger partial charge in [0.05, 0.1) is 15.9 Å². The predicted molar refractivity (Wildman–Crippen MR) is 64.7 cm³/mol. The number of aliphatic imine (C=N–C) groups is 1. The van der Waals surface area contributed by atoms with E-state index in [2.05, 4.69) is 20.9 Å². The first-order valence-electron chi connectivity index (χ1n) is 5.09. The SMILES string of the molecule is CC(C)C1=Nc2ccc(Br)c(F)c2CC1=O. The maximum atomic E-state index is 13.7. The summed E-state index contributed by atoms with van der Waals surface area (Å²) in [5.74, 6) is -0.385. The molecule has 0 unspecified atom stereocenters. The normalized spacial score (nSPS) is 15.1. The smallest absolute Gasteiger partial charge is 0.181 e. The lowest BCUT2D eigenvalue weighted by Gasteiger charge is -2.17. The van der Waals surface area contributed by atoms with E-state index in [0.717, 1.165) is 0 Å². The van der Waals surface area contributed by atoms with Crippen LogP contribution in [0.25, 0.3) is 0 Å². The molecule has 0 amide bonds. The van der Waals surface area contributed by atoms with Crippen molar-refractivity contribution in [3.05, 3.63) is 28.0 Å². The summed E-state index contributed by atoms with van der Waals surface area (Å²) in [5, 5.41) is 0. The topological polar surface area (TPSA) is 29.4 Å². The summed E-state index contributed by atoms with van der Waals surface area (Å²) in [6.07, 6.45) is 0.109. The van der Waals surface area contributed by atoms with Crippen LogP contribution in [0.2, 0.25) is 0 Å². The fraction of sp³-hybridized carbons (Fsp3) is 0.333. The number of halogens is 2. The van der Waals surface area contributed by atoms with Crippen LogP contribution in [0.3, 0.4) is 0 Å². The molecular formula is C12H11BrFNO. The van der Waals surface area contributed by atoms with Gasteiger partial charge >= 0.3 is 0 Å². The number of Topliss-reactive ketones (excluding diaryl/α,β-unsaturated/α-hetero) is 1. The number of fused-ring (bicyclic) bond motifs is 1. The zero-order valence-corrected chi connectivity index (χ0v) is 10.6. The zero-order chi connectivity index (χ0) is 11.9. The lowest BCUT2D eigenvalue weighted by molar-refractivity contribution is -0.112. The molecule has 1 aromatic carbocycles. The van der Waals surface area contributed by atoms with Crippen molar-refractivity contribution in [3.8, 4) is 0 Å². The summed E-state index contributed by atoms with van der Waals surface area (Å²) in [5.41, 5.74) is 1.50. The van der Waals surface area contributed by atoms with Crippen LogP contribution in [0.4, 0.5) is 10.1 Å². The van der Waals surface area contributed by atoms with E-state index in [1.165, 1.54) is 0 Å². The maximum Gasteiger partial charge on any atom is 0.181 e. The number of carbonyl (C=O) groups excluding carboxylic acids is 1. The van der Waals surface area contributed by atoms with Crippen molar-refractivity contribution < 1.29 is 9.18 Å². The molecule has 0 aromatic heterocycles. The van der Waals surface area contributed by atoms with Gasteiger partial charge in [-0.2, -0.15) is 0 Å². The number of ketones is 1. The van der Waals surface area contributed by atoms with Crippen LogP contribution in [0.5, 0.6) is 0 Å². The first kappa shape index (κ1) is 11.5. The van der Waals surface area contributed by atoms with Crippen LogP contribution in [0, 0.1) is 11.7 Å². The van der Waals surface area contributed by atoms with Crippen molar-refractivity contribution in [3.63, 3.8) is 0 Å². The van der Waals surface area contributed by atoms with E-state index < -0.39 is 0 Å². The average molecular weight is 284 g/mol. The summed E-state index contributed by atoms with van der Waals surface area (Å²) in [4.78, 5) is 16.0. The fourth-order valence-electron chi connectivity index (χ4n) is 1.75. The predicted octanol–water partition coefficient (Wildman–Crippen LogP) is 3.44. The third-order valence-corrected chi connectivity index (χ3v) is 3.19. The van der Waals surface area contributed by atoms with Crippen LogP contribution in [-0.4, -0.2) is 11.5 Å². The molecule has 0 bridgehead atoms. The van der Waals surface area contributed by atoms with Crippen LogP contribution >= 0.6 is 15.9 Å². The van der Waals surface area contributed by atoms with E-state index in [-0.39, 0.29) is 23.9 Å². The van der Waals surface area contributed by atoms with Crippen molar-refractivity contribution in [2.45, 2.75) is 20.3 Å². The Balaban J connectivity index is 2.58. The number of hydrogen-bond donors (Lipinski definition) is 0. The van der Waals surface area contributed by atoms with Gasteiger partial charge in [0.2, 0.25) is 0 Å². The van der Waals surface area contributed by atoms with Crippen molar-refractivity contribution in [1.29, 1.82) is 0 Å². The van der Waals surface area contributed by atoms with Crippen molar-refractivity contribution in [1.82, 2.24) is 0 Å². The summed E-state index contributed by atoms with van der Waals surface area (Å²) in [6, 6.07) is 3.35. The highest BCUT2D eigenvalue weighted by Crippen LogP contribution is 2.32. The first-order chi connectivity index (χ1) is 7.50. The number of benzene rings is 1. The van der Waals surface area contributed by atoms with Gasteiger partial charge in [0.15, 0.2) is 5.78 Å². The monoisotopic (exact) mass is 283 g/mol. The van der Waals surface area contributed by atoms with Crippen LogP contribution in [0.15, 0.2) is 21.6 Å². The molecule has 84 valence electrons. The van der Waals surface area contributed by atoms with Crippen molar-refractivity contribution >= 4 is 33.1 Å². The van der Waals surface area contributed by atoms with Gasteiger partial charge in [-0.15, -0.1) is 0 Å². The minimum atomic E-state index is -0.377. The molecule has 0 atom stereocenters. The lowest BCUT2D eigenvalue weighted by Crippen LogP contribution is -2.25. The second kappa shape index (κ2) is 4.09. The molecule has 2 rings (SSSR count). The lowest BCUT2D eigenvalue weighted by atomic mass is 9.94. The fourth-order valence-corrected chi connectivity index (χ4v) is 2.12. The van der Waals surface area contributed by atoms with Gasteiger partial charge < -0.3 is 0 Å². The molecule has 0 saturated heterocycles. The van der Waals surface area contributed by atoms with Gasteiger partial charge in [0, 0.05) is 12.0 Å². The van der Waals surface area contributed by atoms with Gasteiger partial charge in [-0.3, -0.25) is 4.79 Å². The molecule has 0 radical (unpaired) electrons. The van der Waals surface area contributed by atoms with E-state index >= 15 is 0 Å². The molecule has 0 fully saturated rings. The highest BCUT2D eigenvalue weighted by atomic mass is 79.9. The minimum absolute atomic E-state index is 0.0763. The Labute approximate surface area is 102 Å². The van der Waals surface area contributed by atoms with Gasteiger partial charge in [-0.1, -0.05) is 13.8 Å². The second-order valence-electron chi connectivity index (χ2n) is 4.11. The zero-order valence-electron chi connectivity index (χ0n) is 9.05. The second-order valence-corrected chi connectivity index (χ2v) is 4.97. The van der Waals surface area contributed by atoms with E-state index in [0.29, 0.717) is 21.4 Å². The molecule has 0 saturated carbocycles. The highest BCUT2D eigenvalue weighted by Gasteiger charge is 2.25. The quantitative estimate of drug-likeness (QED) is 0.776. The Bertz CT molecular complexity index is 494. The van der Waals surface area contributed by atoms with Gasteiger partial charge in [0.1, 0.15) is 5.82 Å². The minimum Gasteiger partial charge on any atom is -0.292 e. The number of nitrogens with zero attached hydrogens (tertiary/aromatic N) is 1. The number of rotatable bonds is 1. The van der Waals surface area contributed by atoms with E-state index in [1.807, 2.05) is 13.8 Å². The molecule has 0 N–H and O–H groups in total. The molecular weight excluding hydrogens is 273 g/mol. The molecule has 1 heterocycles. The average Bonchev–Trinajstić information content (AvgIpc) is 2.23. The molecule has 0 spiro atoms. The third kappa shape index (κ3) is 1.82. The summed E-state index contributed by atoms with van der Waals surface area (Å²) in [7, 11) is 0. The van der Waals surface area contributed by atoms with Gasteiger partial charge in [-0.25, -0.2) is 9.38 Å². The Morgan fingerprint density at radius 3 is 2.75 bits per heavy atom. The highest BCUT2D eigenvalue weighted by molar-refractivity contribution is 9.10. The largest absolute Gasteiger partial charge is 0.292 e. The summed E-state index contributed by atoms with van der Waals surface area (Å²) in [6.45, 7) is 3.83. The molecule has 0 aliphatic carbocycles. The summed E-state index contributed by atoms with van der Waals surface area (Å²) >= 11 is 3.10. The molecule has 1 aliphatic heterocycles. The third-order valence-electron chi connectivity index (χ3n) is 2.58. The van der Waals surface area contributed by atoms with Crippen LogP contribution < -0.4 is 0 Å². The molecule has 4 heteroatoms.